The molecule has 0 unspecified atom stereocenters. The highest BCUT2D eigenvalue weighted by atomic mass is 16.5. The zero-order chi connectivity index (χ0) is 9.60. The van der Waals surface area contributed by atoms with Crippen molar-refractivity contribution < 1.29 is 9.84 Å². The Morgan fingerprint density at radius 1 is 1.21 bits per heavy atom. The van der Waals surface area contributed by atoms with E-state index >= 15 is 0 Å². The van der Waals surface area contributed by atoms with Gasteiger partial charge in [0, 0.05) is 5.92 Å². The molecule has 1 saturated carbocycles. The number of rotatable bonds is 2. The Kier molecular flexibility index (Phi) is 1.70. The van der Waals surface area contributed by atoms with Crippen molar-refractivity contribution in [2.24, 2.45) is 0 Å². The lowest BCUT2D eigenvalue weighted by Gasteiger charge is -2.29. The van der Waals surface area contributed by atoms with Gasteiger partial charge in [-0.1, -0.05) is 24.3 Å². The van der Waals surface area contributed by atoms with Crippen LogP contribution in [0.5, 0.6) is 0 Å². The molecule has 1 heterocycles. The zero-order valence-electron chi connectivity index (χ0n) is 8.07. The highest BCUT2D eigenvalue weighted by Crippen LogP contribution is 2.48. The summed E-state index contributed by atoms with van der Waals surface area (Å²) >= 11 is 0. The van der Waals surface area contributed by atoms with Crippen molar-refractivity contribution in [3.05, 3.63) is 35.4 Å². The molecule has 1 aromatic carbocycles. The molecule has 0 bridgehead atoms. The van der Waals surface area contributed by atoms with Gasteiger partial charge in [-0.25, -0.2) is 0 Å². The van der Waals surface area contributed by atoms with Gasteiger partial charge in [-0.2, -0.15) is 0 Å². The van der Waals surface area contributed by atoms with Crippen molar-refractivity contribution in [3.63, 3.8) is 0 Å². The highest BCUT2D eigenvalue weighted by molar-refractivity contribution is 5.38. The van der Waals surface area contributed by atoms with E-state index in [9.17, 15) is 5.11 Å². The van der Waals surface area contributed by atoms with Crippen molar-refractivity contribution in [2.45, 2.75) is 24.4 Å². The smallest absolute Gasteiger partial charge is 0.0901 e. The lowest BCUT2D eigenvalue weighted by atomic mass is 9.89. The SMILES string of the molecule is OC1(c2ccccc2C2COC2)CC1. The molecule has 2 heteroatoms. The first kappa shape index (κ1) is 8.45. The third-order valence-electron chi connectivity index (χ3n) is 3.26. The molecule has 1 aromatic rings. The van der Waals surface area contributed by atoms with E-state index in [2.05, 4.69) is 12.1 Å². The van der Waals surface area contributed by atoms with Crippen LogP contribution in [0, 0.1) is 0 Å². The topological polar surface area (TPSA) is 29.5 Å². The lowest BCUT2D eigenvalue weighted by Crippen LogP contribution is -2.27. The minimum Gasteiger partial charge on any atom is -0.385 e. The molecule has 1 aliphatic heterocycles. The largest absolute Gasteiger partial charge is 0.385 e. The molecule has 0 aromatic heterocycles. The fourth-order valence-corrected chi connectivity index (χ4v) is 2.08. The fourth-order valence-electron chi connectivity index (χ4n) is 2.08. The zero-order valence-corrected chi connectivity index (χ0v) is 8.07. The van der Waals surface area contributed by atoms with Gasteiger partial charge in [-0.15, -0.1) is 0 Å². The van der Waals surface area contributed by atoms with Crippen molar-refractivity contribution >= 4 is 0 Å². The molecule has 0 spiro atoms. The summed E-state index contributed by atoms with van der Waals surface area (Å²) in [4.78, 5) is 0. The number of benzene rings is 1. The molecule has 0 radical (unpaired) electrons. The Morgan fingerprint density at radius 3 is 2.50 bits per heavy atom. The van der Waals surface area contributed by atoms with Crippen LogP contribution in [0.3, 0.4) is 0 Å². The van der Waals surface area contributed by atoms with Gasteiger partial charge in [-0.3, -0.25) is 0 Å². The molecule has 1 saturated heterocycles. The number of ether oxygens (including phenoxy) is 1. The van der Waals surface area contributed by atoms with Crippen LogP contribution in [0.4, 0.5) is 0 Å². The summed E-state index contributed by atoms with van der Waals surface area (Å²) in [6.07, 6.45) is 1.83. The molecule has 0 amide bonds. The fraction of sp³-hybridized carbons (Fsp3) is 0.500. The van der Waals surface area contributed by atoms with Gasteiger partial charge >= 0.3 is 0 Å². The van der Waals surface area contributed by atoms with E-state index in [0.29, 0.717) is 5.92 Å². The minimum atomic E-state index is -0.508. The second kappa shape index (κ2) is 2.81. The molecule has 14 heavy (non-hydrogen) atoms. The van der Waals surface area contributed by atoms with E-state index in [1.54, 1.807) is 0 Å². The van der Waals surface area contributed by atoms with Gasteiger partial charge in [0.15, 0.2) is 0 Å². The first-order valence-corrected chi connectivity index (χ1v) is 5.19. The first-order valence-electron chi connectivity index (χ1n) is 5.19. The predicted octanol–water partition coefficient (Wildman–Crippen LogP) is 1.78. The van der Waals surface area contributed by atoms with Crippen LogP contribution in [-0.2, 0) is 10.3 Å². The predicted molar refractivity (Wildman–Crippen MR) is 53.1 cm³/mol. The average molecular weight is 190 g/mol. The molecule has 3 rings (SSSR count). The molecule has 74 valence electrons. The standard InChI is InChI=1S/C12H14O2/c13-12(5-6-12)11-4-2-1-3-10(11)9-7-14-8-9/h1-4,9,13H,5-8H2. The van der Waals surface area contributed by atoms with E-state index in [-0.39, 0.29) is 0 Å². The summed E-state index contributed by atoms with van der Waals surface area (Å²) in [6, 6.07) is 8.23. The van der Waals surface area contributed by atoms with Crippen molar-refractivity contribution in [1.29, 1.82) is 0 Å². The Bertz CT molecular complexity index is 351. The highest BCUT2D eigenvalue weighted by Gasteiger charge is 2.44. The van der Waals surface area contributed by atoms with Gasteiger partial charge in [0.05, 0.1) is 18.8 Å². The molecule has 2 nitrogen and oxygen atoms in total. The third kappa shape index (κ3) is 1.18. The molecule has 2 aliphatic rings. The number of aliphatic hydroxyl groups is 1. The maximum absolute atomic E-state index is 10.1. The first-order chi connectivity index (χ1) is 6.80. The molecular weight excluding hydrogens is 176 g/mol. The van der Waals surface area contributed by atoms with Gasteiger partial charge < -0.3 is 9.84 Å². The normalized spacial score (nSPS) is 24.4. The summed E-state index contributed by atoms with van der Waals surface area (Å²) in [7, 11) is 0. The number of hydrogen-bond acceptors (Lipinski definition) is 2. The lowest BCUT2D eigenvalue weighted by molar-refractivity contribution is 0.00678. The van der Waals surface area contributed by atoms with Crippen LogP contribution >= 0.6 is 0 Å². The van der Waals surface area contributed by atoms with Gasteiger partial charge in [0.25, 0.3) is 0 Å². The van der Waals surface area contributed by atoms with Gasteiger partial charge in [0.2, 0.25) is 0 Å². The Balaban J connectivity index is 2.00. The summed E-state index contributed by atoms with van der Waals surface area (Å²) in [5.41, 5.74) is 1.92. The minimum absolute atomic E-state index is 0.508. The van der Waals surface area contributed by atoms with Crippen molar-refractivity contribution in [3.8, 4) is 0 Å². The van der Waals surface area contributed by atoms with Crippen LogP contribution < -0.4 is 0 Å². The van der Waals surface area contributed by atoms with Crippen LogP contribution in [0.25, 0.3) is 0 Å². The summed E-state index contributed by atoms with van der Waals surface area (Å²) in [5.74, 6) is 0.510. The maximum atomic E-state index is 10.1. The van der Waals surface area contributed by atoms with Crippen molar-refractivity contribution in [2.75, 3.05) is 13.2 Å². The summed E-state index contributed by atoms with van der Waals surface area (Å²) < 4.78 is 5.20. The van der Waals surface area contributed by atoms with E-state index in [1.165, 1.54) is 5.56 Å². The average Bonchev–Trinajstić information content (AvgIpc) is 2.83. The second-order valence-corrected chi connectivity index (χ2v) is 4.35. The van der Waals surface area contributed by atoms with E-state index in [4.69, 9.17) is 4.74 Å². The Labute approximate surface area is 83.5 Å². The van der Waals surface area contributed by atoms with E-state index in [1.807, 2.05) is 12.1 Å². The summed E-state index contributed by atoms with van der Waals surface area (Å²) in [6.45, 7) is 1.63. The van der Waals surface area contributed by atoms with Crippen LogP contribution in [0.1, 0.15) is 29.9 Å². The van der Waals surface area contributed by atoms with Gasteiger partial charge in [0.1, 0.15) is 0 Å². The van der Waals surface area contributed by atoms with E-state index in [0.717, 1.165) is 31.6 Å². The quantitative estimate of drug-likeness (QED) is 0.770. The maximum Gasteiger partial charge on any atom is 0.0901 e. The van der Waals surface area contributed by atoms with Crippen molar-refractivity contribution in [1.82, 2.24) is 0 Å². The number of hydrogen-bond donors (Lipinski definition) is 1. The second-order valence-electron chi connectivity index (χ2n) is 4.35. The monoisotopic (exact) mass is 190 g/mol. The molecule has 0 atom stereocenters. The summed E-state index contributed by atoms with van der Waals surface area (Å²) in [5, 5.41) is 10.1. The van der Waals surface area contributed by atoms with Crippen LogP contribution in [0.2, 0.25) is 0 Å². The molecule has 2 fully saturated rings. The molecular formula is C12H14O2. The Morgan fingerprint density at radius 2 is 1.93 bits per heavy atom. The van der Waals surface area contributed by atoms with Gasteiger partial charge in [-0.05, 0) is 24.0 Å². The van der Waals surface area contributed by atoms with E-state index < -0.39 is 5.60 Å². The van der Waals surface area contributed by atoms with Crippen LogP contribution in [0.15, 0.2) is 24.3 Å². The molecule has 1 N–H and O–H groups in total. The third-order valence-corrected chi connectivity index (χ3v) is 3.26. The van der Waals surface area contributed by atoms with Crippen LogP contribution in [-0.4, -0.2) is 18.3 Å². The molecule has 1 aliphatic carbocycles. The Hall–Kier alpha value is -0.860.